The number of methoxy groups -OCH3 is 1. The number of ether oxygens (including phenoxy) is 1. The topological polar surface area (TPSA) is 21.3 Å². The number of thiophene rings is 2. The van der Waals surface area contributed by atoms with Gasteiger partial charge in [-0.1, -0.05) is 25.1 Å². The van der Waals surface area contributed by atoms with Crippen LogP contribution in [0.4, 0.5) is 0 Å². The van der Waals surface area contributed by atoms with Gasteiger partial charge in [-0.3, -0.25) is 0 Å². The second-order valence-electron chi connectivity index (χ2n) is 4.57. The molecule has 0 fully saturated rings. The lowest BCUT2D eigenvalue weighted by atomic mass is 10.0. The fraction of sp³-hybridized carbons (Fsp3) is 0.250. The minimum absolute atomic E-state index is 0.233. The first-order valence-corrected chi connectivity index (χ1v) is 8.41. The van der Waals surface area contributed by atoms with E-state index in [9.17, 15) is 0 Å². The molecule has 3 rings (SSSR count). The van der Waals surface area contributed by atoms with Crippen molar-refractivity contribution in [1.29, 1.82) is 0 Å². The average Bonchev–Trinajstić information content (AvgIpc) is 3.12. The Kier molecular flexibility index (Phi) is 4.05. The van der Waals surface area contributed by atoms with Crippen LogP contribution in [0.25, 0.3) is 10.1 Å². The van der Waals surface area contributed by atoms with E-state index in [1.807, 2.05) is 11.3 Å². The quantitative estimate of drug-likeness (QED) is 0.739. The lowest BCUT2D eigenvalue weighted by molar-refractivity contribution is 0.416. The van der Waals surface area contributed by atoms with Crippen molar-refractivity contribution in [1.82, 2.24) is 5.32 Å². The van der Waals surface area contributed by atoms with Gasteiger partial charge in [-0.05, 0) is 35.0 Å². The number of benzene rings is 1. The molecule has 0 radical (unpaired) electrons. The molecule has 1 N–H and O–H groups in total. The maximum atomic E-state index is 5.32. The fourth-order valence-corrected chi connectivity index (χ4v) is 4.30. The summed E-state index contributed by atoms with van der Waals surface area (Å²) >= 11 is 3.55. The third-order valence-corrected chi connectivity index (χ3v) is 5.30. The Morgan fingerprint density at radius 1 is 1.25 bits per heavy atom. The zero-order chi connectivity index (χ0) is 13.9. The predicted molar refractivity (Wildman–Crippen MR) is 88.2 cm³/mol. The Hall–Kier alpha value is -1.36. The molecule has 2 aromatic heterocycles. The highest BCUT2D eigenvalue weighted by atomic mass is 32.1. The number of hydrogen-bond donors (Lipinski definition) is 1. The molecule has 1 atom stereocenters. The van der Waals surface area contributed by atoms with E-state index < -0.39 is 0 Å². The number of rotatable bonds is 5. The van der Waals surface area contributed by atoms with Crippen molar-refractivity contribution >= 4 is 32.8 Å². The van der Waals surface area contributed by atoms with Gasteiger partial charge < -0.3 is 10.1 Å². The molecule has 0 aliphatic rings. The summed E-state index contributed by atoms with van der Waals surface area (Å²) in [4.78, 5) is 1.30. The number of nitrogens with one attached hydrogen (secondary N) is 1. The van der Waals surface area contributed by atoms with E-state index >= 15 is 0 Å². The van der Waals surface area contributed by atoms with Crippen molar-refractivity contribution < 1.29 is 4.74 Å². The Morgan fingerprint density at radius 3 is 2.90 bits per heavy atom. The van der Waals surface area contributed by atoms with Gasteiger partial charge in [0.2, 0.25) is 0 Å². The zero-order valence-corrected chi connectivity index (χ0v) is 13.2. The molecule has 4 heteroatoms. The molecule has 0 aliphatic heterocycles. The molecule has 20 heavy (non-hydrogen) atoms. The average molecular weight is 303 g/mol. The highest BCUT2D eigenvalue weighted by molar-refractivity contribution is 7.17. The van der Waals surface area contributed by atoms with Gasteiger partial charge in [0, 0.05) is 15.0 Å². The smallest absolute Gasteiger partial charge is 0.129 e. The van der Waals surface area contributed by atoms with Gasteiger partial charge in [-0.25, -0.2) is 0 Å². The molecule has 0 saturated heterocycles. The normalized spacial score (nSPS) is 12.7. The number of hydrogen-bond acceptors (Lipinski definition) is 4. The highest BCUT2D eigenvalue weighted by Crippen LogP contribution is 2.36. The molecule has 0 amide bonds. The van der Waals surface area contributed by atoms with Crippen LogP contribution in [0.1, 0.15) is 23.4 Å². The van der Waals surface area contributed by atoms with E-state index in [-0.39, 0.29) is 6.04 Å². The lowest BCUT2D eigenvalue weighted by Crippen LogP contribution is -2.21. The summed E-state index contributed by atoms with van der Waals surface area (Å²) in [6.45, 7) is 3.08. The van der Waals surface area contributed by atoms with Crippen LogP contribution >= 0.6 is 22.7 Å². The van der Waals surface area contributed by atoms with Crippen LogP contribution in [0.3, 0.4) is 0 Å². The summed E-state index contributed by atoms with van der Waals surface area (Å²) < 4.78 is 6.68. The van der Waals surface area contributed by atoms with Crippen molar-refractivity contribution in [3.05, 3.63) is 51.5 Å². The van der Waals surface area contributed by atoms with Crippen LogP contribution in [-0.2, 0) is 0 Å². The Labute approximate surface area is 127 Å². The molecular weight excluding hydrogens is 286 g/mol. The maximum Gasteiger partial charge on any atom is 0.129 e. The Balaban J connectivity index is 2.08. The predicted octanol–water partition coefficient (Wildman–Crippen LogP) is 4.67. The second kappa shape index (κ2) is 5.95. The summed E-state index contributed by atoms with van der Waals surface area (Å²) in [6, 6.07) is 11.1. The molecule has 0 bridgehead atoms. The van der Waals surface area contributed by atoms with Gasteiger partial charge in [-0.2, -0.15) is 0 Å². The van der Waals surface area contributed by atoms with E-state index in [2.05, 4.69) is 53.3 Å². The monoisotopic (exact) mass is 303 g/mol. The van der Waals surface area contributed by atoms with Crippen molar-refractivity contribution in [2.24, 2.45) is 0 Å². The van der Waals surface area contributed by atoms with E-state index in [0.29, 0.717) is 0 Å². The van der Waals surface area contributed by atoms with Crippen LogP contribution in [0, 0.1) is 0 Å². The lowest BCUT2D eigenvalue weighted by Gasteiger charge is -2.17. The van der Waals surface area contributed by atoms with E-state index in [1.165, 1.54) is 20.5 Å². The second-order valence-corrected chi connectivity index (χ2v) is 6.42. The molecular formula is C16H17NOS2. The third-order valence-electron chi connectivity index (χ3n) is 3.34. The largest absolute Gasteiger partial charge is 0.496 e. The van der Waals surface area contributed by atoms with Gasteiger partial charge in [0.25, 0.3) is 0 Å². The van der Waals surface area contributed by atoms with Crippen molar-refractivity contribution in [2.45, 2.75) is 13.0 Å². The minimum Gasteiger partial charge on any atom is -0.496 e. The van der Waals surface area contributed by atoms with Crippen LogP contribution in [0.2, 0.25) is 0 Å². The van der Waals surface area contributed by atoms with Crippen molar-refractivity contribution in [3.8, 4) is 5.75 Å². The van der Waals surface area contributed by atoms with Crippen LogP contribution < -0.4 is 10.1 Å². The standard InChI is InChI=1S/C16H17NOS2/c1-3-17-15(14-9-12(18-2)10-20-14)13-6-4-5-11-7-8-19-16(11)13/h4-10,15,17H,3H2,1-2H3. The van der Waals surface area contributed by atoms with Gasteiger partial charge in [0.1, 0.15) is 5.75 Å². The summed E-state index contributed by atoms with van der Waals surface area (Å²) in [6.07, 6.45) is 0. The van der Waals surface area contributed by atoms with Gasteiger partial charge >= 0.3 is 0 Å². The fourth-order valence-electron chi connectivity index (χ4n) is 2.40. The van der Waals surface area contributed by atoms with Crippen molar-refractivity contribution in [2.75, 3.05) is 13.7 Å². The molecule has 2 heterocycles. The highest BCUT2D eigenvalue weighted by Gasteiger charge is 2.18. The molecule has 0 spiro atoms. The first-order chi connectivity index (χ1) is 9.83. The van der Waals surface area contributed by atoms with E-state index in [4.69, 9.17) is 4.74 Å². The Bertz CT molecular complexity index is 701. The number of fused-ring (bicyclic) bond motifs is 1. The van der Waals surface area contributed by atoms with Gasteiger partial charge in [0.15, 0.2) is 0 Å². The molecule has 104 valence electrons. The summed E-state index contributed by atoms with van der Waals surface area (Å²) in [5.74, 6) is 0.936. The van der Waals surface area contributed by atoms with Gasteiger partial charge in [0.05, 0.1) is 13.2 Å². The van der Waals surface area contributed by atoms with E-state index in [1.54, 1.807) is 18.4 Å². The van der Waals surface area contributed by atoms with E-state index in [0.717, 1.165) is 12.3 Å². The van der Waals surface area contributed by atoms with Crippen LogP contribution in [0.5, 0.6) is 5.75 Å². The Morgan fingerprint density at radius 2 is 2.15 bits per heavy atom. The van der Waals surface area contributed by atoms with Gasteiger partial charge in [-0.15, -0.1) is 22.7 Å². The molecule has 0 saturated carbocycles. The zero-order valence-electron chi connectivity index (χ0n) is 11.6. The van der Waals surface area contributed by atoms with Crippen LogP contribution in [-0.4, -0.2) is 13.7 Å². The summed E-state index contributed by atoms with van der Waals surface area (Å²) in [5, 5.41) is 9.14. The molecule has 1 unspecified atom stereocenters. The minimum atomic E-state index is 0.233. The summed E-state index contributed by atoms with van der Waals surface area (Å²) in [7, 11) is 1.72. The third kappa shape index (κ3) is 2.46. The molecule has 1 aromatic carbocycles. The maximum absolute atomic E-state index is 5.32. The molecule has 2 nitrogen and oxygen atoms in total. The van der Waals surface area contributed by atoms with Crippen molar-refractivity contribution in [3.63, 3.8) is 0 Å². The first-order valence-electron chi connectivity index (χ1n) is 6.65. The van der Waals surface area contributed by atoms with Crippen LogP contribution in [0.15, 0.2) is 41.1 Å². The molecule has 3 aromatic rings. The SMILES string of the molecule is CCNC(c1cc(OC)cs1)c1cccc2ccsc12. The first kappa shape index (κ1) is 13.6. The summed E-state index contributed by atoms with van der Waals surface area (Å²) in [5.41, 5.74) is 1.35. The molecule has 0 aliphatic carbocycles.